The SMILES string of the molecule is CC1=N[C@H]2[C@@H](O1)O[C@H](CO)[C@@H](O[C@@H]1O[C@H](CCCC(=O)OCc3ccccc3)[C@@H](CCC(=O)OCc3ccccc3)[C@H](CCC(=O)OCc3ccccc3)[C@@H]1O)[C@@H]2O. The maximum Gasteiger partial charge on any atom is 0.306 e. The molecule has 0 saturated carbocycles. The highest BCUT2D eigenvalue weighted by molar-refractivity contribution is 5.75. The normalized spacial score (nSPS) is 27.8. The van der Waals surface area contributed by atoms with Gasteiger partial charge in [0.05, 0.1) is 12.7 Å². The Morgan fingerprint density at radius 3 is 1.66 bits per heavy atom. The highest BCUT2D eigenvalue weighted by Crippen LogP contribution is 2.41. The van der Waals surface area contributed by atoms with Gasteiger partial charge in [-0.2, -0.15) is 0 Å². The molecule has 0 radical (unpaired) electrons. The molecule has 14 nitrogen and oxygen atoms in total. The zero-order valence-electron chi connectivity index (χ0n) is 32.6. The topological polar surface area (TPSA) is 189 Å². The van der Waals surface area contributed by atoms with Gasteiger partial charge in [-0.1, -0.05) is 91.0 Å². The highest BCUT2D eigenvalue weighted by Gasteiger charge is 2.53. The van der Waals surface area contributed by atoms with E-state index in [1.807, 2.05) is 91.0 Å². The average Bonchev–Trinajstić information content (AvgIpc) is 3.63. The molecule has 312 valence electrons. The van der Waals surface area contributed by atoms with Crippen LogP contribution in [0.5, 0.6) is 0 Å². The molecule has 0 bridgehead atoms. The van der Waals surface area contributed by atoms with Gasteiger partial charge in [0, 0.05) is 26.2 Å². The number of aliphatic hydroxyl groups is 3. The molecule has 3 aliphatic rings. The summed E-state index contributed by atoms with van der Waals surface area (Å²) >= 11 is 0. The number of hydrogen-bond acceptors (Lipinski definition) is 14. The van der Waals surface area contributed by atoms with Crippen molar-refractivity contribution in [2.75, 3.05) is 6.61 Å². The Labute approximate surface area is 338 Å². The lowest BCUT2D eigenvalue weighted by Gasteiger charge is -2.48. The van der Waals surface area contributed by atoms with E-state index in [4.69, 9.17) is 33.2 Å². The first kappa shape index (κ1) is 42.9. The van der Waals surface area contributed by atoms with Crippen LogP contribution < -0.4 is 0 Å². The minimum Gasteiger partial charge on any atom is -0.461 e. The van der Waals surface area contributed by atoms with Crippen molar-refractivity contribution in [1.29, 1.82) is 0 Å². The number of rotatable bonds is 19. The van der Waals surface area contributed by atoms with Gasteiger partial charge in [-0.3, -0.25) is 14.4 Å². The van der Waals surface area contributed by atoms with Crippen molar-refractivity contribution >= 4 is 23.8 Å². The summed E-state index contributed by atoms with van der Waals surface area (Å²) in [6.07, 6.45) is -6.79. The van der Waals surface area contributed by atoms with Gasteiger partial charge in [-0.25, -0.2) is 4.99 Å². The maximum absolute atomic E-state index is 13.1. The quantitative estimate of drug-likeness (QED) is 0.113. The summed E-state index contributed by atoms with van der Waals surface area (Å²) in [5.41, 5.74) is 2.52. The number of esters is 3. The van der Waals surface area contributed by atoms with Gasteiger partial charge in [-0.05, 0) is 54.2 Å². The van der Waals surface area contributed by atoms with Crippen LogP contribution in [0.25, 0.3) is 0 Å². The molecule has 10 atom stereocenters. The second kappa shape index (κ2) is 21.3. The first-order valence-corrected chi connectivity index (χ1v) is 19.9. The van der Waals surface area contributed by atoms with Gasteiger partial charge in [0.15, 0.2) is 12.2 Å². The van der Waals surface area contributed by atoms with Crippen LogP contribution in [0.3, 0.4) is 0 Å². The average molecular weight is 804 g/mol. The number of aliphatic hydroxyl groups excluding tert-OH is 3. The van der Waals surface area contributed by atoms with Crippen LogP contribution in [0.4, 0.5) is 0 Å². The minimum absolute atomic E-state index is 0.00807. The van der Waals surface area contributed by atoms with Crippen molar-refractivity contribution in [1.82, 2.24) is 0 Å². The number of aliphatic imine (C=N–C) groups is 1. The molecule has 14 heteroatoms. The first-order chi connectivity index (χ1) is 28.2. The summed E-state index contributed by atoms with van der Waals surface area (Å²) in [6, 6.07) is 27.1. The van der Waals surface area contributed by atoms with Crippen LogP contribution in [-0.2, 0) is 67.4 Å². The molecule has 2 saturated heterocycles. The van der Waals surface area contributed by atoms with E-state index in [0.29, 0.717) is 18.7 Å². The predicted octanol–water partition coefficient (Wildman–Crippen LogP) is 4.55. The molecule has 6 rings (SSSR count). The summed E-state index contributed by atoms with van der Waals surface area (Å²) in [6.45, 7) is 1.40. The van der Waals surface area contributed by atoms with E-state index in [0.717, 1.165) is 16.7 Å². The number of benzene rings is 3. The standard InChI is InChI=1S/C44H53NO13/c1-28-45-39-41(51)42(35(24-46)57-43(39)55-28)58-44-40(50)33(21-23-38(49)54-27-31-16-9-4-10-17-31)32(20-22-37(48)53-26-30-14-7-3-8-15-30)34(56-44)18-11-19-36(47)52-25-29-12-5-2-6-13-29/h2-10,12-17,32-35,39-44,46,50-51H,11,18-27H2,1H3/t32-,33-,34+,35+,39+,40-,41+,42+,43-,44-/m0/s1. The summed E-state index contributed by atoms with van der Waals surface area (Å²) in [4.78, 5) is 43.4. The Hall–Kier alpha value is -4.70. The van der Waals surface area contributed by atoms with Gasteiger partial charge >= 0.3 is 17.9 Å². The van der Waals surface area contributed by atoms with Gasteiger partial charge in [-0.15, -0.1) is 0 Å². The fraction of sp³-hybridized carbons (Fsp3) is 0.500. The molecule has 3 heterocycles. The lowest BCUT2D eigenvalue weighted by Crippen LogP contribution is -2.61. The van der Waals surface area contributed by atoms with E-state index in [9.17, 15) is 29.7 Å². The molecule has 0 amide bonds. The van der Waals surface area contributed by atoms with Crippen LogP contribution in [-0.4, -0.2) is 94.9 Å². The summed E-state index contributed by atoms with van der Waals surface area (Å²) < 4.78 is 40.9. The van der Waals surface area contributed by atoms with Gasteiger partial charge in [0.2, 0.25) is 6.29 Å². The molecule has 0 aromatic heterocycles. The van der Waals surface area contributed by atoms with E-state index < -0.39 is 85.5 Å². The van der Waals surface area contributed by atoms with E-state index in [1.165, 1.54) is 0 Å². The molecule has 3 aromatic carbocycles. The first-order valence-electron chi connectivity index (χ1n) is 19.9. The van der Waals surface area contributed by atoms with Crippen LogP contribution in [0.2, 0.25) is 0 Å². The van der Waals surface area contributed by atoms with Crippen molar-refractivity contribution in [3.05, 3.63) is 108 Å². The molecule has 3 aromatic rings. The predicted molar refractivity (Wildman–Crippen MR) is 207 cm³/mol. The fourth-order valence-electron chi connectivity index (χ4n) is 7.73. The molecular weight excluding hydrogens is 750 g/mol. The zero-order chi connectivity index (χ0) is 40.9. The van der Waals surface area contributed by atoms with Crippen LogP contribution in [0.15, 0.2) is 96.0 Å². The van der Waals surface area contributed by atoms with Crippen LogP contribution in [0.1, 0.15) is 68.6 Å². The molecule has 58 heavy (non-hydrogen) atoms. The number of fused-ring (bicyclic) bond motifs is 1. The van der Waals surface area contributed by atoms with E-state index >= 15 is 0 Å². The van der Waals surface area contributed by atoms with Crippen molar-refractivity contribution in [2.24, 2.45) is 16.8 Å². The third kappa shape index (κ3) is 11.9. The monoisotopic (exact) mass is 803 g/mol. The molecule has 3 N–H and O–H groups in total. The second-order valence-electron chi connectivity index (χ2n) is 14.8. The number of ether oxygens (including phenoxy) is 7. The summed E-state index contributed by atoms with van der Waals surface area (Å²) in [5.74, 6) is -2.18. The van der Waals surface area contributed by atoms with E-state index in [-0.39, 0.29) is 51.9 Å². The van der Waals surface area contributed by atoms with Crippen molar-refractivity contribution in [3.63, 3.8) is 0 Å². The molecule has 0 aliphatic carbocycles. The zero-order valence-corrected chi connectivity index (χ0v) is 32.6. The third-order valence-corrected chi connectivity index (χ3v) is 10.7. The Balaban J connectivity index is 1.19. The van der Waals surface area contributed by atoms with E-state index in [2.05, 4.69) is 4.99 Å². The van der Waals surface area contributed by atoms with E-state index in [1.54, 1.807) is 6.92 Å². The van der Waals surface area contributed by atoms with Crippen LogP contribution >= 0.6 is 0 Å². The van der Waals surface area contributed by atoms with Gasteiger partial charge < -0.3 is 48.5 Å². The van der Waals surface area contributed by atoms with Gasteiger partial charge in [0.25, 0.3) is 0 Å². The number of carbonyl (C=O) groups excluding carboxylic acids is 3. The Kier molecular flexibility index (Phi) is 15.8. The number of hydrogen-bond donors (Lipinski definition) is 3. The second-order valence-corrected chi connectivity index (χ2v) is 14.8. The van der Waals surface area contributed by atoms with Crippen molar-refractivity contribution in [3.8, 4) is 0 Å². The summed E-state index contributed by atoms with van der Waals surface area (Å²) in [5, 5.41) is 33.7. The highest BCUT2D eigenvalue weighted by atomic mass is 16.7. The third-order valence-electron chi connectivity index (χ3n) is 10.7. The molecule has 0 spiro atoms. The molecule has 3 aliphatic heterocycles. The van der Waals surface area contributed by atoms with Crippen molar-refractivity contribution in [2.45, 2.75) is 121 Å². The number of nitrogens with zero attached hydrogens (tertiary/aromatic N) is 1. The lowest BCUT2D eigenvalue weighted by molar-refractivity contribution is -0.330. The Bertz CT molecular complexity index is 1780. The Morgan fingerprint density at radius 1 is 0.638 bits per heavy atom. The molecular formula is C44H53NO13. The smallest absolute Gasteiger partial charge is 0.306 e. The fourth-order valence-corrected chi connectivity index (χ4v) is 7.73. The Morgan fingerprint density at radius 2 is 1.14 bits per heavy atom. The largest absolute Gasteiger partial charge is 0.461 e. The molecule has 2 fully saturated rings. The van der Waals surface area contributed by atoms with Gasteiger partial charge in [0.1, 0.15) is 50.3 Å². The lowest BCUT2D eigenvalue weighted by atomic mass is 9.74. The van der Waals surface area contributed by atoms with Crippen LogP contribution in [0, 0.1) is 11.8 Å². The number of carbonyl (C=O) groups is 3. The maximum atomic E-state index is 13.1. The minimum atomic E-state index is -1.36. The van der Waals surface area contributed by atoms with Crippen molar-refractivity contribution < 1.29 is 62.9 Å². The molecule has 0 unspecified atom stereocenters. The summed E-state index contributed by atoms with van der Waals surface area (Å²) in [7, 11) is 0.